The Morgan fingerprint density at radius 2 is 0.628 bits per heavy atom. The van der Waals surface area contributed by atoms with E-state index in [9.17, 15) is 28.9 Å². The van der Waals surface area contributed by atoms with Crippen LogP contribution in [0, 0.1) is 0 Å². The minimum Gasteiger partial charge on any atom is -0.462 e. The number of phosphoric ester groups is 1. The molecule has 0 saturated heterocycles. The number of aliphatic hydroxyl groups excluding tert-OH is 1. The number of allylic oxidation sites excluding steroid dienone is 8. The zero-order chi connectivity index (χ0) is 56.9. The SMILES string of the molecule is CCCCC/C=C\C/C=C\CCCCCCCCCC(=O)OC(COC(=O)CCCCCCCCCCC/C=C\CCCCCCCC)COP(=O)(O)OCC(CO)OC(=O)CCCCCCC/C=C\CCCCCCCC. The summed E-state index contributed by atoms with van der Waals surface area (Å²) < 4.78 is 39.7. The van der Waals surface area contributed by atoms with Crippen LogP contribution in [0.3, 0.4) is 0 Å². The first-order valence-corrected chi connectivity index (χ1v) is 34.0. The number of hydrogen-bond acceptors (Lipinski definition) is 10. The predicted molar refractivity (Wildman–Crippen MR) is 325 cm³/mol. The third kappa shape index (κ3) is 58.1. The van der Waals surface area contributed by atoms with Crippen molar-refractivity contribution in [1.29, 1.82) is 0 Å². The molecule has 78 heavy (non-hydrogen) atoms. The Morgan fingerprint density at radius 1 is 0.359 bits per heavy atom. The second-order valence-corrected chi connectivity index (χ2v) is 23.4. The molecule has 11 nitrogen and oxygen atoms in total. The number of aliphatic hydroxyl groups is 1. The van der Waals surface area contributed by atoms with Crippen LogP contribution in [0.5, 0.6) is 0 Å². The van der Waals surface area contributed by atoms with Gasteiger partial charge in [0.05, 0.1) is 19.8 Å². The van der Waals surface area contributed by atoms with Crippen molar-refractivity contribution in [2.45, 2.75) is 328 Å². The predicted octanol–water partition coefficient (Wildman–Crippen LogP) is 19.7. The van der Waals surface area contributed by atoms with Crippen LogP contribution in [0.25, 0.3) is 0 Å². The monoisotopic (exact) mass is 1120 g/mol. The Balaban J connectivity index is 4.69. The number of rotatable bonds is 61. The maximum atomic E-state index is 13.0. The van der Waals surface area contributed by atoms with Crippen LogP contribution in [-0.4, -0.2) is 66.5 Å². The molecular formula is C66H121O11P. The summed E-state index contributed by atoms with van der Waals surface area (Å²) in [6, 6.07) is 0. The van der Waals surface area contributed by atoms with Gasteiger partial charge in [-0.15, -0.1) is 0 Å². The smallest absolute Gasteiger partial charge is 0.462 e. The van der Waals surface area contributed by atoms with Crippen molar-refractivity contribution in [3.63, 3.8) is 0 Å². The lowest BCUT2D eigenvalue weighted by atomic mass is 10.1. The lowest BCUT2D eigenvalue weighted by Gasteiger charge is -2.21. The van der Waals surface area contributed by atoms with Gasteiger partial charge in [-0.05, 0) is 103 Å². The normalized spacial score (nSPS) is 13.6. The topological polar surface area (TPSA) is 155 Å². The zero-order valence-corrected chi connectivity index (χ0v) is 51.5. The van der Waals surface area contributed by atoms with E-state index in [0.717, 1.165) is 96.3 Å². The van der Waals surface area contributed by atoms with Crippen LogP contribution in [-0.2, 0) is 42.2 Å². The molecule has 3 unspecified atom stereocenters. The molecule has 0 amide bonds. The molecule has 12 heteroatoms. The third-order valence-corrected chi connectivity index (χ3v) is 15.1. The number of carbonyl (C=O) groups excluding carboxylic acids is 3. The highest BCUT2D eigenvalue weighted by molar-refractivity contribution is 7.47. The quantitative estimate of drug-likeness (QED) is 0.0197. The van der Waals surface area contributed by atoms with E-state index >= 15 is 0 Å². The molecule has 0 aromatic heterocycles. The molecule has 456 valence electrons. The number of carbonyl (C=O) groups is 3. The van der Waals surface area contributed by atoms with Crippen LogP contribution >= 0.6 is 7.82 Å². The molecule has 0 aromatic rings. The zero-order valence-electron chi connectivity index (χ0n) is 50.6. The van der Waals surface area contributed by atoms with Gasteiger partial charge < -0.3 is 24.2 Å². The van der Waals surface area contributed by atoms with E-state index in [1.807, 2.05) is 0 Å². The number of esters is 3. The fourth-order valence-electron chi connectivity index (χ4n) is 9.20. The summed E-state index contributed by atoms with van der Waals surface area (Å²) in [7, 11) is -4.76. The van der Waals surface area contributed by atoms with Gasteiger partial charge in [-0.2, -0.15) is 0 Å². The van der Waals surface area contributed by atoms with Crippen molar-refractivity contribution >= 4 is 25.7 Å². The number of hydrogen-bond donors (Lipinski definition) is 2. The van der Waals surface area contributed by atoms with Gasteiger partial charge in [-0.3, -0.25) is 23.4 Å². The minimum absolute atomic E-state index is 0.160. The van der Waals surface area contributed by atoms with Gasteiger partial charge in [0, 0.05) is 19.3 Å². The molecule has 3 atom stereocenters. The molecule has 0 aliphatic carbocycles. The van der Waals surface area contributed by atoms with Gasteiger partial charge in [0.2, 0.25) is 0 Å². The van der Waals surface area contributed by atoms with Crippen LogP contribution in [0.15, 0.2) is 48.6 Å². The minimum atomic E-state index is -4.76. The number of phosphoric acid groups is 1. The molecule has 0 saturated carbocycles. The van der Waals surface area contributed by atoms with Crippen molar-refractivity contribution in [2.75, 3.05) is 26.4 Å². The Morgan fingerprint density at radius 3 is 0.987 bits per heavy atom. The van der Waals surface area contributed by atoms with Crippen LogP contribution in [0.1, 0.15) is 316 Å². The second-order valence-electron chi connectivity index (χ2n) is 21.9. The van der Waals surface area contributed by atoms with Crippen molar-refractivity contribution in [2.24, 2.45) is 0 Å². The van der Waals surface area contributed by atoms with Crippen molar-refractivity contribution in [3.05, 3.63) is 48.6 Å². The highest BCUT2D eigenvalue weighted by Gasteiger charge is 2.28. The average Bonchev–Trinajstić information content (AvgIpc) is 3.43. The highest BCUT2D eigenvalue weighted by atomic mass is 31.2. The van der Waals surface area contributed by atoms with Crippen molar-refractivity contribution in [1.82, 2.24) is 0 Å². The molecule has 0 rings (SSSR count). The molecule has 0 fully saturated rings. The van der Waals surface area contributed by atoms with Crippen LogP contribution in [0.4, 0.5) is 0 Å². The molecule has 0 aromatic carbocycles. The van der Waals surface area contributed by atoms with E-state index in [2.05, 4.69) is 69.4 Å². The summed E-state index contributed by atoms with van der Waals surface area (Å²) in [4.78, 5) is 48.7. The lowest BCUT2D eigenvalue weighted by molar-refractivity contribution is -0.161. The molecule has 0 heterocycles. The van der Waals surface area contributed by atoms with E-state index < -0.39 is 57.8 Å². The number of unbranched alkanes of at least 4 members (excludes halogenated alkanes) is 36. The van der Waals surface area contributed by atoms with Crippen LogP contribution < -0.4 is 0 Å². The molecule has 0 aliphatic heterocycles. The van der Waals surface area contributed by atoms with E-state index in [1.165, 1.54) is 161 Å². The fourth-order valence-corrected chi connectivity index (χ4v) is 9.99. The molecule has 2 N–H and O–H groups in total. The largest absolute Gasteiger partial charge is 0.472 e. The van der Waals surface area contributed by atoms with Gasteiger partial charge >= 0.3 is 25.7 Å². The Labute approximate surface area is 479 Å². The van der Waals surface area contributed by atoms with Crippen molar-refractivity contribution < 1.29 is 52.2 Å². The first-order valence-electron chi connectivity index (χ1n) is 32.5. The van der Waals surface area contributed by atoms with Gasteiger partial charge in [-0.25, -0.2) is 4.57 Å². The van der Waals surface area contributed by atoms with Gasteiger partial charge in [0.1, 0.15) is 12.7 Å². The first-order chi connectivity index (χ1) is 38.2. The summed E-state index contributed by atoms with van der Waals surface area (Å²) in [6.45, 7) is 4.65. The Bertz CT molecular complexity index is 1490. The van der Waals surface area contributed by atoms with Gasteiger partial charge in [0.25, 0.3) is 0 Å². The Hall–Kier alpha value is -2.56. The maximum Gasteiger partial charge on any atom is 0.472 e. The van der Waals surface area contributed by atoms with E-state index in [4.69, 9.17) is 23.3 Å². The van der Waals surface area contributed by atoms with Crippen LogP contribution in [0.2, 0.25) is 0 Å². The van der Waals surface area contributed by atoms with E-state index in [-0.39, 0.29) is 25.9 Å². The Kier molecular flexibility index (Phi) is 58.5. The molecular weight excluding hydrogens is 1000 g/mol. The lowest BCUT2D eigenvalue weighted by Crippen LogP contribution is -2.30. The maximum absolute atomic E-state index is 13.0. The summed E-state index contributed by atoms with van der Waals surface area (Å²) in [5, 5.41) is 9.85. The fraction of sp³-hybridized carbons (Fsp3) is 0.833. The van der Waals surface area contributed by atoms with Gasteiger partial charge in [0.15, 0.2) is 6.10 Å². The first kappa shape index (κ1) is 75.4. The molecule has 0 radical (unpaired) electrons. The van der Waals surface area contributed by atoms with E-state index in [1.54, 1.807) is 0 Å². The van der Waals surface area contributed by atoms with Crippen molar-refractivity contribution in [3.8, 4) is 0 Å². The average molecular weight is 1120 g/mol. The number of ether oxygens (including phenoxy) is 3. The highest BCUT2D eigenvalue weighted by Crippen LogP contribution is 2.43. The van der Waals surface area contributed by atoms with Gasteiger partial charge in [-0.1, -0.05) is 243 Å². The summed E-state index contributed by atoms with van der Waals surface area (Å²) in [6.07, 6.45) is 66.3. The summed E-state index contributed by atoms with van der Waals surface area (Å²) in [5.41, 5.74) is 0. The third-order valence-electron chi connectivity index (χ3n) is 14.2. The molecule has 0 spiro atoms. The molecule has 0 aliphatic rings. The molecule has 0 bridgehead atoms. The second kappa shape index (κ2) is 60.5. The van der Waals surface area contributed by atoms with E-state index in [0.29, 0.717) is 19.3 Å². The standard InChI is InChI=1S/C66H121O11P/c1-4-7-10-13-16-19-22-25-28-30-31-33-35-37-40-43-46-49-52-55-64(68)73-59-63(77-66(70)57-54-51-48-45-42-39-36-32-29-26-23-20-17-14-11-8-5-2)61-75-78(71,72)74-60-62(58-67)76-65(69)56-53-50-47-44-41-38-34-27-24-21-18-15-12-9-6-3/h17,20,25-29,34,62-63,67H,4-16,18-19,21-24,30-33,35-61H2,1-3H3,(H,71,72)/b20-17-,28-25-,29-26-,34-27-. The summed E-state index contributed by atoms with van der Waals surface area (Å²) >= 11 is 0. The summed E-state index contributed by atoms with van der Waals surface area (Å²) in [5.74, 6) is -1.46.